The molecule has 0 bridgehead atoms. The molecule has 0 spiro atoms. The molecule has 2 aromatic carbocycles. The first-order chi connectivity index (χ1) is 12.4. The monoisotopic (exact) mass is 523 g/mol. The zero-order valence-corrected chi connectivity index (χ0v) is 18.5. The van der Waals surface area contributed by atoms with Crippen molar-refractivity contribution >= 4 is 69.3 Å². The molecular formula is C17H16Cl2IN3O2S. The van der Waals surface area contributed by atoms with E-state index >= 15 is 0 Å². The summed E-state index contributed by atoms with van der Waals surface area (Å²) < 4.78 is 12.3. The quantitative estimate of drug-likeness (QED) is 0.250. The first-order valence-corrected chi connectivity index (χ1v) is 9.64. The molecule has 0 heterocycles. The lowest BCUT2D eigenvalue weighted by molar-refractivity contribution is 0.282. The van der Waals surface area contributed by atoms with Gasteiger partial charge < -0.3 is 14.8 Å². The van der Waals surface area contributed by atoms with Crippen LogP contribution < -0.4 is 20.2 Å². The fourth-order valence-corrected chi connectivity index (χ4v) is 3.26. The van der Waals surface area contributed by atoms with Gasteiger partial charge in [-0.2, -0.15) is 5.10 Å². The summed E-state index contributed by atoms with van der Waals surface area (Å²) in [6.45, 7) is 0.299. The smallest absolute Gasteiger partial charge is 0.186 e. The molecule has 138 valence electrons. The first kappa shape index (κ1) is 21.0. The molecule has 26 heavy (non-hydrogen) atoms. The number of hydrogen-bond acceptors (Lipinski definition) is 4. The van der Waals surface area contributed by atoms with Crippen LogP contribution in [0.3, 0.4) is 0 Å². The molecule has 0 aliphatic rings. The normalized spacial score (nSPS) is 10.7. The third kappa shape index (κ3) is 5.87. The zero-order valence-electron chi connectivity index (χ0n) is 14.0. The standard InChI is InChI=1S/C17H16Cl2IN3O2S/c1-21-17(26)23-22-8-10-5-14(20)16(15(6-10)24-2)25-9-11-3-4-12(18)7-13(11)19/h3-8H,9H2,1-2H3,(H2,21,23,26)/b22-8-. The zero-order chi connectivity index (χ0) is 19.1. The molecule has 0 aliphatic carbocycles. The molecule has 9 heteroatoms. The number of hydrogen-bond donors (Lipinski definition) is 2. The van der Waals surface area contributed by atoms with Gasteiger partial charge in [0.2, 0.25) is 0 Å². The van der Waals surface area contributed by atoms with Gasteiger partial charge in [0.25, 0.3) is 0 Å². The summed E-state index contributed by atoms with van der Waals surface area (Å²) in [6, 6.07) is 9.05. The second kappa shape index (κ2) is 10.1. The van der Waals surface area contributed by atoms with Gasteiger partial charge in [0, 0.05) is 22.7 Å². The Kier molecular flexibility index (Phi) is 8.20. The van der Waals surface area contributed by atoms with Gasteiger partial charge in [0.15, 0.2) is 16.6 Å². The largest absolute Gasteiger partial charge is 0.493 e. The van der Waals surface area contributed by atoms with Crippen LogP contribution in [-0.4, -0.2) is 25.5 Å². The van der Waals surface area contributed by atoms with Crippen LogP contribution in [-0.2, 0) is 6.61 Å². The van der Waals surface area contributed by atoms with Crippen LogP contribution in [0.1, 0.15) is 11.1 Å². The lowest BCUT2D eigenvalue weighted by atomic mass is 10.2. The number of methoxy groups -OCH3 is 1. The average Bonchev–Trinajstić information content (AvgIpc) is 2.61. The predicted molar refractivity (Wildman–Crippen MR) is 119 cm³/mol. The molecule has 0 fully saturated rings. The highest BCUT2D eigenvalue weighted by Gasteiger charge is 2.12. The van der Waals surface area contributed by atoms with E-state index in [1.807, 2.05) is 18.2 Å². The number of rotatable bonds is 6. The summed E-state index contributed by atoms with van der Waals surface area (Å²) in [5.74, 6) is 1.23. The van der Waals surface area contributed by atoms with Crippen molar-refractivity contribution in [3.8, 4) is 11.5 Å². The highest BCUT2D eigenvalue weighted by atomic mass is 127. The molecule has 5 nitrogen and oxygen atoms in total. The number of halogens is 3. The van der Waals surface area contributed by atoms with Crippen molar-refractivity contribution in [2.24, 2.45) is 5.10 Å². The molecule has 0 saturated carbocycles. The van der Waals surface area contributed by atoms with Crippen LogP contribution in [0.2, 0.25) is 10.0 Å². The van der Waals surface area contributed by atoms with E-state index in [1.165, 1.54) is 0 Å². The van der Waals surface area contributed by atoms with E-state index in [2.05, 4.69) is 38.4 Å². The number of nitrogens with one attached hydrogen (secondary N) is 2. The van der Waals surface area contributed by atoms with Crippen LogP contribution in [0.15, 0.2) is 35.4 Å². The summed E-state index contributed by atoms with van der Waals surface area (Å²) in [5, 5.41) is 8.41. The second-order valence-electron chi connectivity index (χ2n) is 5.01. The van der Waals surface area contributed by atoms with Gasteiger partial charge in [-0.3, -0.25) is 5.43 Å². The molecule has 0 aromatic heterocycles. The van der Waals surface area contributed by atoms with Crippen molar-refractivity contribution in [3.63, 3.8) is 0 Å². The molecule has 0 atom stereocenters. The Morgan fingerprint density at radius 3 is 2.73 bits per heavy atom. The lowest BCUT2D eigenvalue weighted by Crippen LogP contribution is -2.28. The highest BCUT2D eigenvalue weighted by molar-refractivity contribution is 14.1. The van der Waals surface area contributed by atoms with Gasteiger partial charge in [-0.05, 0) is 64.6 Å². The molecule has 0 saturated heterocycles. The number of nitrogens with zero attached hydrogens (tertiary/aromatic N) is 1. The summed E-state index contributed by atoms with van der Waals surface area (Å²) in [5.41, 5.74) is 4.38. The van der Waals surface area contributed by atoms with Gasteiger partial charge in [0.05, 0.1) is 16.9 Å². The Bertz CT molecular complexity index is 834. The lowest BCUT2D eigenvalue weighted by Gasteiger charge is -2.14. The number of thiocarbonyl (C=S) groups is 1. The number of benzene rings is 2. The minimum Gasteiger partial charge on any atom is -0.493 e. The predicted octanol–water partition coefficient (Wildman–Crippen LogP) is 4.61. The second-order valence-corrected chi connectivity index (χ2v) is 7.42. The molecule has 2 aromatic rings. The molecule has 2 rings (SSSR count). The van der Waals surface area contributed by atoms with Crippen LogP contribution in [0.5, 0.6) is 11.5 Å². The summed E-state index contributed by atoms with van der Waals surface area (Å²) in [7, 11) is 3.30. The number of hydrazone groups is 1. The van der Waals surface area contributed by atoms with E-state index in [9.17, 15) is 0 Å². The van der Waals surface area contributed by atoms with E-state index < -0.39 is 0 Å². The average molecular weight is 524 g/mol. The maximum atomic E-state index is 6.19. The fraction of sp³-hybridized carbons (Fsp3) is 0.176. The van der Waals surface area contributed by atoms with Crippen molar-refractivity contribution < 1.29 is 9.47 Å². The maximum Gasteiger partial charge on any atom is 0.186 e. The molecular weight excluding hydrogens is 508 g/mol. The van der Waals surface area contributed by atoms with Crippen LogP contribution in [0.25, 0.3) is 0 Å². The van der Waals surface area contributed by atoms with E-state index in [4.69, 9.17) is 44.9 Å². The van der Waals surface area contributed by atoms with Crippen molar-refractivity contribution in [1.29, 1.82) is 0 Å². The van der Waals surface area contributed by atoms with E-state index in [0.717, 1.165) is 14.7 Å². The van der Waals surface area contributed by atoms with E-state index in [-0.39, 0.29) is 0 Å². The van der Waals surface area contributed by atoms with Crippen molar-refractivity contribution in [2.75, 3.05) is 14.2 Å². The Morgan fingerprint density at radius 2 is 2.08 bits per heavy atom. The maximum absolute atomic E-state index is 6.19. The van der Waals surface area contributed by atoms with Gasteiger partial charge in [-0.25, -0.2) is 0 Å². The van der Waals surface area contributed by atoms with Crippen LogP contribution >= 0.6 is 58.0 Å². The van der Waals surface area contributed by atoms with Gasteiger partial charge in [-0.1, -0.05) is 29.3 Å². The summed E-state index contributed by atoms with van der Waals surface area (Å²) in [4.78, 5) is 0. The Labute approximate surface area is 181 Å². The van der Waals surface area contributed by atoms with Crippen LogP contribution in [0, 0.1) is 3.57 Å². The Hall–Kier alpha value is -1.29. The summed E-state index contributed by atoms with van der Waals surface area (Å²) >= 11 is 19.3. The first-order valence-electron chi connectivity index (χ1n) is 7.39. The molecule has 2 N–H and O–H groups in total. The fourth-order valence-electron chi connectivity index (χ4n) is 1.96. The number of ether oxygens (including phenoxy) is 2. The van der Waals surface area contributed by atoms with Crippen molar-refractivity contribution in [3.05, 3.63) is 55.1 Å². The SMILES string of the molecule is CNC(=S)N/N=C\c1cc(I)c(OCc2ccc(Cl)cc2Cl)c(OC)c1. The van der Waals surface area contributed by atoms with E-state index in [0.29, 0.717) is 33.3 Å². The van der Waals surface area contributed by atoms with E-state index in [1.54, 1.807) is 32.5 Å². The Morgan fingerprint density at radius 1 is 1.31 bits per heavy atom. The topological polar surface area (TPSA) is 54.9 Å². The minimum atomic E-state index is 0.299. The molecule has 0 aliphatic heterocycles. The van der Waals surface area contributed by atoms with Crippen molar-refractivity contribution in [1.82, 2.24) is 10.7 Å². The minimum absolute atomic E-state index is 0.299. The molecule has 0 amide bonds. The van der Waals surface area contributed by atoms with Gasteiger partial charge >= 0.3 is 0 Å². The highest BCUT2D eigenvalue weighted by Crippen LogP contribution is 2.34. The molecule has 0 radical (unpaired) electrons. The van der Waals surface area contributed by atoms with Gasteiger partial charge in [-0.15, -0.1) is 0 Å². The van der Waals surface area contributed by atoms with Gasteiger partial charge in [0.1, 0.15) is 6.61 Å². The third-order valence-electron chi connectivity index (χ3n) is 3.25. The Balaban J connectivity index is 2.17. The van der Waals surface area contributed by atoms with Crippen LogP contribution in [0.4, 0.5) is 0 Å². The van der Waals surface area contributed by atoms with Crippen molar-refractivity contribution in [2.45, 2.75) is 6.61 Å². The third-order valence-corrected chi connectivity index (χ3v) is 4.93. The molecule has 0 unspecified atom stereocenters. The summed E-state index contributed by atoms with van der Waals surface area (Å²) in [6.07, 6.45) is 1.65.